The summed E-state index contributed by atoms with van der Waals surface area (Å²) in [5, 5.41) is 30.0. The third-order valence-corrected chi connectivity index (χ3v) is 5.85. The first-order valence-electron chi connectivity index (χ1n) is 10.3. The molecule has 3 rings (SSSR count). The van der Waals surface area contributed by atoms with Crippen LogP contribution in [0.2, 0.25) is 0 Å². The number of nitrogens with zero attached hydrogens (tertiary/aromatic N) is 4. The van der Waals surface area contributed by atoms with Crippen molar-refractivity contribution in [3.05, 3.63) is 52.5 Å². The van der Waals surface area contributed by atoms with Crippen molar-refractivity contribution in [3.8, 4) is 24.0 Å². The summed E-state index contributed by atoms with van der Waals surface area (Å²) >= 11 is 0. The van der Waals surface area contributed by atoms with E-state index in [9.17, 15) is 20.6 Å². The summed E-state index contributed by atoms with van der Waals surface area (Å²) in [6.07, 6.45) is 1.05. The topological polar surface area (TPSA) is 136 Å². The zero-order chi connectivity index (χ0) is 24.6. The lowest BCUT2D eigenvalue weighted by atomic mass is 9.58. The fourth-order valence-corrected chi connectivity index (χ4v) is 4.39. The third-order valence-electron chi connectivity index (χ3n) is 5.85. The van der Waals surface area contributed by atoms with E-state index in [-0.39, 0.29) is 29.9 Å². The van der Waals surface area contributed by atoms with Crippen molar-refractivity contribution in [1.29, 1.82) is 15.8 Å². The number of fused-ring (bicyclic) bond motifs is 1. The van der Waals surface area contributed by atoms with Crippen LogP contribution in [0.1, 0.15) is 32.3 Å². The van der Waals surface area contributed by atoms with E-state index >= 15 is 4.39 Å². The Labute approximate surface area is 191 Å². The first-order valence-corrected chi connectivity index (χ1v) is 10.3. The van der Waals surface area contributed by atoms with Crippen molar-refractivity contribution in [2.75, 3.05) is 20.2 Å². The van der Waals surface area contributed by atoms with Crippen molar-refractivity contribution < 1.29 is 18.7 Å². The molecule has 33 heavy (non-hydrogen) atoms. The van der Waals surface area contributed by atoms with Crippen LogP contribution in [0.5, 0.6) is 5.75 Å². The second-order valence-corrected chi connectivity index (χ2v) is 8.95. The number of carbonyl (C=O) groups is 1. The number of methoxy groups -OCH3 is 1. The van der Waals surface area contributed by atoms with E-state index in [0.717, 1.165) is 0 Å². The average molecular weight is 449 g/mol. The zero-order valence-corrected chi connectivity index (χ0v) is 18.8. The number of ether oxygens (including phenoxy) is 2. The van der Waals surface area contributed by atoms with E-state index in [2.05, 4.69) is 0 Å². The van der Waals surface area contributed by atoms with Crippen molar-refractivity contribution in [1.82, 2.24) is 4.90 Å². The molecule has 170 valence electrons. The smallest absolute Gasteiger partial charge is 0.410 e. The highest BCUT2D eigenvalue weighted by atomic mass is 19.1. The first kappa shape index (κ1) is 23.6. The van der Waals surface area contributed by atoms with E-state index < -0.39 is 34.8 Å². The molecule has 1 aromatic carbocycles. The van der Waals surface area contributed by atoms with Crippen LogP contribution < -0.4 is 10.5 Å². The summed E-state index contributed by atoms with van der Waals surface area (Å²) in [4.78, 5) is 14.2. The average Bonchev–Trinajstić information content (AvgIpc) is 2.77. The van der Waals surface area contributed by atoms with Gasteiger partial charge in [-0.05, 0) is 50.1 Å². The Morgan fingerprint density at radius 1 is 1.27 bits per heavy atom. The van der Waals surface area contributed by atoms with E-state index in [1.54, 1.807) is 26.8 Å². The summed E-state index contributed by atoms with van der Waals surface area (Å²) in [5.41, 5.74) is 3.76. The molecule has 0 radical (unpaired) electrons. The van der Waals surface area contributed by atoms with Gasteiger partial charge in [-0.15, -0.1) is 0 Å². The summed E-state index contributed by atoms with van der Waals surface area (Å²) in [7, 11) is 1.41. The van der Waals surface area contributed by atoms with Crippen LogP contribution in [0.4, 0.5) is 9.18 Å². The van der Waals surface area contributed by atoms with Gasteiger partial charge in [0.05, 0.1) is 30.5 Å². The number of benzene rings is 1. The van der Waals surface area contributed by atoms with Gasteiger partial charge in [0, 0.05) is 24.9 Å². The van der Waals surface area contributed by atoms with Crippen molar-refractivity contribution in [2.45, 2.75) is 32.3 Å². The number of nitriles is 3. The highest BCUT2D eigenvalue weighted by molar-refractivity contribution is 5.70. The van der Waals surface area contributed by atoms with E-state index in [1.807, 2.05) is 18.2 Å². The molecule has 9 heteroatoms. The molecular formula is C24H24FN5O3. The zero-order valence-electron chi connectivity index (χ0n) is 18.8. The lowest BCUT2D eigenvalue weighted by Gasteiger charge is -2.45. The quantitative estimate of drug-likeness (QED) is 0.730. The Kier molecular flexibility index (Phi) is 6.07. The molecule has 2 N–H and O–H groups in total. The van der Waals surface area contributed by atoms with Gasteiger partial charge in [-0.2, -0.15) is 15.8 Å². The van der Waals surface area contributed by atoms with Gasteiger partial charge in [-0.3, -0.25) is 0 Å². The van der Waals surface area contributed by atoms with Gasteiger partial charge in [-0.1, -0.05) is 6.08 Å². The second-order valence-electron chi connectivity index (χ2n) is 8.95. The molecule has 1 aliphatic heterocycles. The summed E-state index contributed by atoms with van der Waals surface area (Å²) in [6, 6.07) is 9.91. The molecule has 0 bridgehead atoms. The molecule has 2 atom stereocenters. The standard InChI is InChI=1S/C24H24FN5O3/c1-23(2,3)33-22(31)30-8-7-15-17(10-26)21(29)24(12-27,13-28)20(18(15)11-30)16-9-14(32-4)5-6-19(16)25/h5-7,9,18,20H,8,11,29H2,1-4H3/t18-,20-/m1/s1. The molecule has 1 heterocycles. The normalized spacial score (nSPS) is 21.6. The molecule has 1 aromatic rings. The Bertz CT molecular complexity index is 1160. The lowest BCUT2D eigenvalue weighted by molar-refractivity contribution is 0.0224. The number of halogens is 1. The number of hydrogen-bond acceptors (Lipinski definition) is 7. The minimum absolute atomic E-state index is 0.00559. The van der Waals surface area contributed by atoms with E-state index in [1.165, 1.54) is 30.2 Å². The summed E-state index contributed by atoms with van der Waals surface area (Å²) in [6.45, 7) is 5.35. The Morgan fingerprint density at radius 2 is 1.94 bits per heavy atom. The van der Waals surface area contributed by atoms with Gasteiger partial charge in [0.1, 0.15) is 23.2 Å². The Morgan fingerprint density at radius 3 is 2.48 bits per heavy atom. The van der Waals surface area contributed by atoms with Gasteiger partial charge >= 0.3 is 6.09 Å². The number of rotatable bonds is 2. The highest BCUT2D eigenvalue weighted by Crippen LogP contribution is 2.55. The fourth-order valence-electron chi connectivity index (χ4n) is 4.39. The van der Waals surface area contributed by atoms with Crippen LogP contribution in [0, 0.1) is 51.1 Å². The molecule has 0 saturated carbocycles. The van der Waals surface area contributed by atoms with Gasteiger partial charge in [0.2, 0.25) is 0 Å². The summed E-state index contributed by atoms with van der Waals surface area (Å²) in [5.74, 6) is -2.18. The molecule has 0 aromatic heterocycles. The number of nitrogens with two attached hydrogens (primary N) is 1. The van der Waals surface area contributed by atoms with E-state index in [4.69, 9.17) is 15.2 Å². The predicted molar refractivity (Wildman–Crippen MR) is 116 cm³/mol. The maximum Gasteiger partial charge on any atom is 0.410 e. The largest absolute Gasteiger partial charge is 0.497 e. The van der Waals surface area contributed by atoms with Crippen LogP contribution in [0.3, 0.4) is 0 Å². The minimum Gasteiger partial charge on any atom is -0.497 e. The van der Waals surface area contributed by atoms with E-state index in [0.29, 0.717) is 11.3 Å². The van der Waals surface area contributed by atoms with Crippen molar-refractivity contribution in [2.24, 2.45) is 17.1 Å². The molecule has 0 spiro atoms. The first-order chi connectivity index (χ1) is 15.5. The van der Waals surface area contributed by atoms with Crippen molar-refractivity contribution in [3.63, 3.8) is 0 Å². The molecule has 0 fully saturated rings. The van der Waals surface area contributed by atoms with Gasteiger partial charge in [0.25, 0.3) is 0 Å². The molecular weight excluding hydrogens is 425 g/mol. The molecule has 1 aliphatic carbocycles. The number of amides is 1. The molecule has 8 nitrogen and oxygen atoms in total. The maximum absolute atomic E-state index is 15.1. The van der Waals surface area contributed by atoms with Crippen LogP contribution in [-0.2, 0) is 4.74 Å². The molecule has 1 amide bonds. The predicted octanol–water partition coefficient (Wildman–Crippen LogP) is 3.49. The van der Waals surface area contributed by atoms with Crippen LogP contribution in [0.25, 0.3) is 0 Å². The van der Waals surface area contributed by atoms with Crippen LogP contribution >= 0.6 is 0 Å². The highest BCUT2D eigenvalue weighted by Gasteiger charge is 2.55. The SMILES string of the molecule is COc1ccc(F)c([C@@H]2[C@@H]3CN(C(=O)OC(C)(C)C)CC=C3C(C#N)=C(N)C2(C#N)C#N)c1. The monoisotopic (exact) mass is 449 g/mol. The Balaban J connectivity index is 2.25. The third kappa shape index (κ3) is 3.97. The second kappa shape index (κ2) is 8.48. The van der Waals surface area contributed by atoms with Crippen LogP contribution in [-0.4, -0.2) is 36.8 Å². The number of hydrogen-bond donors (Lipinski definition) is 1. The van der Waals surface area contributed by atoms with Gasteiger partial charge in [-0.25, -0.2) is 9.18 Å². The lowest BCUT2D eigenvalue weighted by Crippen LogP contribution is -2.50. The van der Waals surface area contributed by atoms with Gasteiger partial charge < -0.3 is 20.1 Å². The van der Waals surface area contributed by atoms with Crippen LogP contribution in [0.15, 0.2) is 41.1 Å². The fraction of sp³-hybridized carbons (Fsp3) is 0.417. The van der Waals surface area contributed by atoms with Gasteiger partial charge in [0.15, 0.2) is 5.41 Å². The van der Waals surface area contributed by atoms with Crippen molar-refractivity contribution >= 4 is 6.09 Å². The molecule has 0 saturated heterocycles. The maximum atomic E-state index is 15.1. The minimum atomic E-state index is -2.03. The summed E-state index contributed by atoms with van der Waals surface area (Å²) < 4.78 is 25.8. The molecule has 2 aliphatic rings. The number of allylic oxidation sites excluding steroid dienone is 2. The Hall–Kier alpha value is -4.03. The molecule has 0 unspecified atom stereocenters. The number of carbonyl (C=O) groups excluding carboxylic acids is 1.